The topological polar surface area (TPSA) is 12.5 Å². The maximum Gasteiger partial charge on any atom is 0.119 e. The van der Waals surface area contributed by atoms with E-state index in [0.29, 0.717) is 5.41 Å². The molecule has 1 saturated heterocycles. The van der Waals surface area contributed by atoms with Crippen LogP contribution in [0.25, 0.3) is 0 Å². The van der Waals surface area contributed by atoms with E-state index >= 15 is 0 Å². The van der Waals surface area contributed by atoms with Crippen molar-refractivity contribution in [3.63, 3.8) is 0 Å². The third kappa shape index (κ3) is 3.69. The van der Waals surface area contributed by atoms with E-state index < -0.39 is 0 Å². The molecule has 1 aromatic rings. The van der Waals surface area contributed by atoms with Crippen LogP contribution in [0.2, 0.25) is 0 Å². The molecular weight excluding hydrogens is 294 g/mol. The van der Waals surface area contributed by atoms with E-state index in [0.717, 1.165) is 31.2 Å². The predicted octanol–water partition coefficient (Wildman–Crippen LogP) is 5.19. The molecule has 0 amide bonds. The van der Waals surface area contributed by atoms with E-state index in [1.807, 2.05) is 0 Å². The van der Waals surface area contributed by atoms with Gasteiger partial charge in [0.1, 0.15) is 5.75 Å². The van der Waals surface area contributed by atoms with E-state index in [2.05, 4.69) is 48.7 Å². The van der Waals surface area contributed by atoms with Gasteiger partial charge < -0.3 is 4.74 Å². The smallest absolute Gasteiger partial charge is 0.119 e. The van der Waals surface area contributed by atoms with Gasteiger partial charge in [-0.3, -0.25) is 4.90 Å². The van der Waals surface area contributed by atoms with Crippen LogP contribution in [0.3, 0.4) is 0 Å². The van der Waals surface area contributed by atoms with Gasteiger partial charge in [0.05, 0.1) is 6.61 Å². The van der Waals surface area contributed by atoms with Gasteiger partial charge in [0, 0.05) is 13.1 Å². The second-order valence-electron chi connectivity index (χ2n) is 7.63. The van der Waals surface area contributed by atoms with Crippen LogP contribution in [-0.4, -0.2) is 31.1 Å². The number of rotatable bonds is 6. The zero-order valence-electron chi connectivity index (χ0n) is 15.3. The lowest BCUT2D eigenvalue weighted by Gasteiger charge is -2.45. The number of hydrogen-bond donors (Lipinski definition) is 0. The van der Waals surface area contributed by atoms with E-state index in [1.165, 1.54) is 57.2 Å². The third-order valence-electron chi connectivity index (χ3n) is 6.05. The molecule has 2 heteroatoms. The lowest BCUT2D eigenvalue weighted by Crippen LogP contribution is -2.42. The quantitative estimate of drug-likeness (QED) is 0.667. The average molecular weight is 328 g/mol. The van der Waals surface area contributed by atoms with Crippen LogP contribution in [0.1, 0.15) is 57.4 Å². The monoisotopic (exact) mass is 327 g/mol. The fourth-order valence-corrected chi connectivity index (χ4v) is 4.92. The highest BCUT2D eigenvalue weighted by Crippen LogP contribution is 2.49. The van der Waals surface area contributed by atoms with Crippen molar-refractivity contribution in [3.8, 4) is 5.75 Å². The molecule has 2 fully saturated rings. The van der Waals surface area contributed by atoms with E-state index in [9.17, 15) is 0 Å². The van der Waals surface area contributed by atoms with Crippen molar-refractivity contribution < 1.29 is 4.74 Å². The van der Waals surface area contributed by atoms with E-state index in [-0.39, 0.29) is 0 Å². The van der Waals surface area contributed by atoms with Crippen LogP contribution in [0.15, 0.2) is 36.9 Å². The van der Waals surface area contributed by atoms with Crippen molar-refractivity contribution >= 4 is 0 Å². The van der Waals surface area contributed by atoms with Crippen molar-refractivity contribution in [1.29, 1.82) is 0 Å². The number of nitrogens with zero attached hydrogens (tertiary/aromatic N) is 1. The summed E-state index contributed by atoms with van der Waals surface area (Å²) >= 11 is 0. The first kappa shape index (κ1) is 17.5. The van der Waals surface area contributed by atoms with Gasteiger partial charge in [0.15, 0.2) is 0 Å². The molecule has 0 N–H and O–H groups in total. The van der Waals surface area contributed by atoms with Crippen molar-refractivity contribution in [1.82, 2.24) is 4.90 Å². The molecule has 1 aliphatic carbocycles. The molecule has 2 atom stereocenters. The first-order valence-corrected chi connectivity index (χ1v) is 9.85. The second-order valence-corrected chi connectivity index (χ2v) is 7.63. The number of benzene rings is 1. The minimum absolute atomic E-state index is 0.361. The lowest BCUT2D eigenvalue weighted by molar-refractivity contribution is 0.151. The first-order chi connectivity index (χ1) is 11.8. The summed E-state index contributed by atoms with van der Waals surface area (Å²) < 4.78 is 5.93. The molecule has 1 saturated carbocycles. The standard InChI is InChI=1S/C22H33NO/c1-3-14-23-15-8-13-22(12-6-5-9-20(22)18-23)19-10-7-11-21(17-19)24-16-4-2/h3,7,10-11,17,20H,1,4-6,8-9,12-16,18H2,2H3/t20-,22-/m0/s1. The zero-order chi connectivity index (χ0) is 16.8. The Morgan fingerprint density at radius 3 is 3.00 bits per heavy atom. The predicted molar refractivity (Wildman–Crippen MR) is 102 cm³/mol. The van der Waals surface area contributed by atoms with Gasteiger partial charge in [-0.05, 0) is 67.7 Å². The van der Waals surface area contributed by atoms with Crippen LogP contribution in [0, 0.1) is 5.92 Å². The SMILES string of the molecule is C=CCN1CCC[C@]2(c3cccc(OCCC)c3)CCCC[C@H]2C1. The molecule has 0 spiro atoms. The number of hydrogen-bond acceptors (Lipinski definition) is 2. The van der Waals surface area contributed by atoms with Crippen LogP contribution < -0.4 is 4.74 Å². The molecule has 1 aliphatic heterocycles. The van der Waals surface area contributed by atoms with Crippen molar-refractivity contribution in [3.05, 3.63) is 42.5 Å². The zero-order valence-corrected chi connectivity index (χ0v) is 15.3. The molecule has 3 rings (SSSR count). The average Bonchev–Trinajstić information content (AvgIpc) is 2.80. The van der Waals surface area contributed by atoms with Crippen molar-refractivity contribution in [2.75, 3.05) is 26.2 Å². The third-order valence-corrected chi connectivity index (χ3v) is 6.05. The molecule has 0 unspecified atom stereocenters. The van der Waals surface area contributed by atoms with Gasteiger partial charge in [-0.25, -0.2) is 0 Å². The Balaban J connectivity index is 1.88. The minimum atomic E-state index is 0.361. The highest BCUT2D eigenvalue weighted by atomic mass is 16.5. The Bertz CT molecular complexity index is 541. The summed E-state index contributed by atoms with van der Waals surface area (Å²) in [6, 6.07) is 9.03. The molecule has 1 heterocycles. The second kappa shape index (κ2) is 8.20. The Morgan fingerprint density at radius 2 is 2.17 bits per heavy atom. The summed E-state index contributed by atoms with van der Waals surface area (Å²) in [7, 11) is 0. The summed E-state index contributed by atoms with van der Waals surface area (Å²) in [5.41, 5.74) is 1.89. The van der Waals surface area contributed by atoms with Gasteiger partial charge in [0.2, 0.25) is 0 Å². The van der Waals surface area contributed by atoms with E-state index in [1.54, 1.807) is 0 Å². The molecular formula is C22H33NO. The molecule has 0 bridgehead atoms. The Morgan fingerprint density at radius 1 is 1.29 bits per heavy atom. The van der Waals surface area contributed by atoms with Gasteiger partial charge in [-0.15, -0.1) is 6.58 Å². The fourth-order valence-electron chi connectivity index (χ4n) is 4.92. The molecule has 0 aromatic heterocycles. The molecule has 2 aliphatic rings. The van der Waals surface area contributed by atoms with E-state index in [4.69, 9.17) is 4.74 Å². The van der Waals surface area contributed by atoms with Crippen molar-refractivity contribution in [2.45, 2.75) is 57.3 Å². The highest BCUT2D eigenvalue weighted by Gasteiger charge is 2.43. The van der Waals surface area contributed by atoms with Crippen LogP contribution >= 0.6 is 0 Å². The normalized spacial score (nSPS) is 28.0. The summed E-state index contributed by atoms with van der Waals surface area (Å²) in [5.74, 6) is 1.83. The van der Waals surface area contributed by atoms with Gasteiger partial charge in [0.25, 0.3) is 0 Å². The maximum atomic E-state index is 5.93. The summed E-state index contributed by atoms with van der Waals surface area (Å²) in [4.78, 5) is 2.61. The minimum Gasteiger partial charge on any atom is -0.494 e. The van der Waals surface area contributed by atoms with Gasteiger partial charge in [-0.2, -0.15) is 0 Å². The molecule has 1 aromatic carbocycles. The Labute approximate surface area is 147 Å². The fraction of sp³-hybridized carbons (Fsp3) is 0.636. The molecule has 2 nitrogen and oxygen atoms in total. The Hall–Kier alpha value is -1.28. The Kier molecular flexibility index (Phi) is 5.99. The van der Waals surface area contributed by atoms with Gasteiger partial charge in [-0.1, -0.05) is 38.0 Å². The maximum absolute atomic E-state index is 5.93. The van der Waals surface area contributed by atoms with Gasteiger partial charge >= 0.3 is 0 Å². The first-order valence-electron chi connectivity index (χ1n) is 9.85. The highest BCUT2D eigenvalue weighted by molar-refractivity contribution is 5.35. The summed E-state index contributed by atoms with van der Waals surface area (Å²) in [6.45, 7) is 10.4. The van der Waals surface area contributed by atoms with Crippen LogP contribution in [0.4, 0.5) is 0 Å². The van der Waals surface area contributed by atoms with Crippen molar-refractivity contribution in [2.24, 2.45) is 5.92 Å². The largest absolute Gasteiger partial charge is 0.494 e. The lowest BCUT2D eigenvalue weighted by atomic mass is 9.61. The van der Waals surface area contributed by atoms with Crippen LogP contribution in [-0.2, 0) is 5.41 Å². The summed E-state index contributed by atoms with van der Waals surface area (Å²) in [6.07, 6.45) is 11.2. The van der Waals surface area contributed by atoms with Crippen LogP contribution in [0.5, 0.6) is 5.75 Å². The molecule has 24 heavy (non-hydrogen) atoms. The summed E-state index contributed by atoms with van der Waals surface area (Å²) in [5, 5.41) is 0. The number of likely N-dealkylation sites (tertiary alicyclic amines) is 1. The number of fused-ring (bicyclic) bond motifs is 1. The molecule has 132 valence electrons. The molecule has 0 radical (unpaired) electrons. The number of ether oxygens (including phenoxy) is 1.